The average Bonchev–Trinajstić information content (AvgIpc) is 2.63. The Labute approximate surface area is 159 Å². The number of fused-ring (bicyclic) bond motifs is 2. The number of amides is 1. The Hall–Kier alpha value is -2.65. The fraction of sp³-hybridized carbons (Fsp3) is 0.176. The van der Waals surface area contributed by atoms with Crippen molar-refractivity contribution in [2.45, 2.75) is 11.8 Å². The van der Waals surface area contributed by atoms with Crippen LogP contribution in [0.1, 0.15) is 6.92 Å². The van der Waals surface area contributed by atoms with E-state index in [4.69, 9.17) is 22.7 Å². The van der Waals surface area contributed by atoms with Gasteiger partial charge in [0, 0.05) is 11.8 Å². The number of hydrogen-bond donors (Lipinski definition) is 3. The van der Waals surface area contributed by atoms with Crippen molar-refractivity contribution in [1.82, 2.24) is 5.32 Å². The van der Waals surface area contributed by atoms with Crippen LogP contribution >= 0.6 is 12.2 Å². The smallest absolute Gasteiger partial charge is 0.413 e. The van der Waals surface area contributed by atoms with Crippen LogP contribution in [0.3, 0.4) is 0 Å². The highest BCUT2D eigenvalue weighted by atomic mass is 32.2. The molecule has 2 aliphatic heterocycles. The quantitative estimate of drug-likeness (QED) is 0.464. The molecule has 2 aromatic carbocycles. The van der Waals surface area contributed by atoms with Gasteiger partial charge in [-0.15, -0.1) is 0 Å². The van der Waals surface area contributed by atoms with Crippen LogP contribution < -0.4 is 21.1 Å². The molecule has 2 bridgehead atoms. The van der Waals surface area contributed by atoms with Gasteiger partial charge in [0.25, 0.3) is 0 Å². The standard InChI is InChI=1S/C11H15N3O3S2.C6H4O/c1-3-19(16)8-6-4-5-7(9(8)12)13-10(18)14-11(15)17-2;1-2-5-4-6(3-1)7-5/h4-6H,3,12H2,1-2H3,(H2,13,14,15,18);1-4H. The van der Waals surface area contributed by atoms with Crippen LogP contribution in [-0.4, -0.2) is 28.3 Å². The van der Waals surface area contributed by atoms with E-state index in [-0.39, 0.29) is 5.11 Å². The Bertz CT molecular complexity index is 818. The molecule has 1 unspecified atom stereocenters. The van der Waals surface area contributed by atoms with E-state index >= 15 is 0 Å². The summed E-state index contributed by atoms with van der Waals surface area (Å²) in [6.45, 7) is 1.80. The fourth-order valence-electron chi connectivity index (χ4n) is 1.98. The summed E-state index contributed by atoms with van der Waals surface area (Å²) >= 11 is 4.92. The van der Waals surface area contributed by atoms with Crippen molar-refractivity contribution in [1.29, 1.82) is 0 Å². The molecule has 7 nitrogen and oxygen atoms in total. The molecule has 2 aromatic rings. The van der Waals surface area contributed by atoms with E-state index in [9.17, 15) is 9.00 Å². The van der Waals surface area contributed by atoms with Crippen LogP contribution in [0.15, 0.2) is 47.4 Å². The molecule has 0 radical (unpaired) electrons. The van der Waals surface area contributed by atoms with E-state index in [1.165, 1.54) is 7.11 Å². The maximum absolute atomic E-state index is 11.8. The predicted octanol–water partition coefficient (Wildman–Crippen LogP) is 3.24. The van der Waals surface area contributed by atoms with Crippen molar-refractivity contribution in [2.75, 3.05) is 23.9 Å². The molecule has 0 saturated heterocycles. The predicted molar refractivity (Wildman–Crippen MR) is 106 cm³/mol. The number of nitrogen functional groups attached to an aromatic ring is 1. The first-order valence-electron chi connectivity index (χ1n) is 7.65. The molecule has 0 fully saturated rings. The SMILES string of the molecule is CCS(=O)c1cccc(NC(=S)NC(=O)OC)c1N.c1cc2cc(c1)O2. The van der Waals surface area contributed by atoms with Crippen LogP contribution in [-0.2, 0) is 15.5 Å². The largest absolute Gasteiger partial charge is 0.457 e. The molecule has 0 aromatic heterocycles. The summed E-state index contributed by atoms with van der Waals surface area (Å²) in [5.74, 6) is 2.44. The fourth-order valence-corrected chi connectivity index (χ4v) is 3.07. The number of carbonyl (C=O) groups excluding carboxylic acids is 1. The van der Waals surface area contributed by atoms with Crippen LogP contribution in [0.2, 0.25) is 0 Å². The van der Waals surface area contributed by atoms with Crippen molar-refractivity contribution in [3.05, 3.63) is 42.5 Å². The zero-order chi connectivity index (χ0) is 19.1. The number of hydrogen-bond acceptors (Lipinski definition) is 6. The Kier molecular flexibility index (Phi) is 6.93. The number of benzene rings is 2. The highest BCUT2D eigenvalue weighted by molar-refractivity contribution is 7.85. The van der Waals surface area contributed by atoms with Gasteiger partial charge >= 0.3 is 6.09 Å². The first kappa shape index (κ1) is 19.7. The molecule has 0 spiro atoms. The highest BCUT2D eigenvalue weighted by Crippen LogP contribution is 2.33. The Morgan fingerprint density at radius 2 is 1.88 bits per heavy atom. The molecule has 138 valence electrons. The number of alkyl carbamates (subject to hydrolysis) is 1. The van der Waals surface area contributed by atoms with Crippen molar-refractivity contribution >= 4 is 45.6 Å². The van der Waals surface area contributed by atoms with Gasteiger partial charge in [0.1, 0.15) is 11.5 Å². The molecule has 1 amide bonds. The van der Waals surface area contributed by atoms with E-state index in [2.05, 4.69) is 15.4 Å². The van der Waals surface area contributed by atoms with Gasteiger partial charge in [0.2, 0.25) is 0 Å². The summed E-state index contributed by atoms with van der Waals surface area (Å²) < 4.78 is 21.2. The first-order chi connectivity index (χ1) is 12.4. The molecule has 9 heteroatoms. The number of rotatable bonds is 3. The lowest BCUT2D eigenvalue weighted by atomic mass is 10.2. The molecule has 2 aliphatic rings. The summed E-state index contributed by atoms with van der Waals surface area (Å²) in [4.78, 5) is 11.5. The maximum atomic E-state index is 11.8. The normalized spacial score (nSPS) is 11.6. The van der Waals surface area contributed by atoms with Crippen molar-refractivity contribution in [3.8, 4) is 11.5 Å². The van der Waals surface area contributed by atoms with Gasteiger partial charge in [-0.05, 0) is 36.5 Å². The number of para-hydroxylation sites is 1. The van der Waals surface area contributed by atoms with E-state index in [1.54, 1.807) is 25.1 Å². The van der Waals surface area contributed by atoms with Gasteiger partial charge in [-0.25, -0.2) is 4.79 Å². The van der Waals surface area contributed by atoms with Gasteiger partial charge < -0.3 is 20.5 Å². The van der Waals surface area contributed by atoms with Gasteiger partial charge in [-0.3, -0.25) is 9.53 Å². The van der Waals surface area contributed by atoms with E-state index < -0.39 is 16.9 Å². The molecule has 1 atom stereocenters. The lowest BCUT2D eigenvalue weighted by Crippen LogP contribution is -2.34. The third-order valence-electron chi connectivity index (χ3n) is 3.26. The summed E-state index contributed by atoms with van der Waals surface area (Å²) in [6, 6.07) is 12.9. The minimum Gasteiger partial charge on any atom is -0.457 e. The second-order valence-corrected chi connectivity index (χ2v) is 7.12. The Morgan fingerprint density at radius 3 is 2.35 bits per heavy atom. The van der Waals surface area contributed by atoms with Gasteiger partial charge in [-0.1, -0.05) is 19.1 Å². The molecular formula is C17H19N3O4S2. The highest BCUT2D eigenvalue weighted by Gasteiger charge is 2.11. The van der Waals surface area contributed by atoms with Crippen LogP contribution in [0.4, 0.5) is 16.2 Å². The number of carbonyl (C=O) groups is 1. The number of nitrogens with one attached hydrogen (secondary N) is 2. The van der Waals surface area contributed by atoms with Crippen molar-refractivity contribution in [2.24, 2.45) is 0 Å². The minimum absolute atomic E-state index is 0.0537. The number of ether oxygens (including phenoxy) is 2. The van der Waals surface area contributed by atoms with Crippen molar-refractivity contribution in [3.63, 3.8) is 0 Å². The van der Waals surface area contributed by atoms with Crippen LogP contribution in [0, 0.1) is 0 Å². The Morgan fingerprint density at radius 1 is 1.27 bits per heavy atom. The maximum Gasteiger partial charge on any atom is 0.413 e. The van der Waals surface area contributed by atoms with Crippen LogP contribution in [0.5, 0.6) is 11.5 Å². The average molecular weight is 393 g/mol. The topological polar surface area (TPSA) is 103 Å². The lowest BCUT2D eigenvalue weighted by Gasteiger charge is -2.13. The van der Waals surface area contributed by atoms with Crippen molar-refractivity contribution < 1.29 is 18.5 Å². The summed E-state index contributed by atoms with van der Waals surface area (Å²) in [5.41, 5.74) is 6.74. The molecule has 4 rings (SSSR count). The van der Waals surface area contributed by atoms with E-state index in [1.807, 2.05) is 24.3 Å². The summed E-state index contributed by atoms with van der Waals surface area (Å²) in [6.07, 6.45) is -0.677. The molecular weight excluding hydrogens is 374 g/mol. The van der Waals surface area contributed by atoms with Gasteiger partial charge in [0.15, 0.2) is 5.11 Å². The molecule has 0 saturated carbocycles. The van der Waals surface area contributed by atoms with Crippen LogP contribution in [0.25, 0.3) is 0 Å². The van der Waals surface area contributed by atoms with Gasteiger partial charge in [0.05, 0.1) is 34.2 Å². The summed E-state index contributed by atoms with van der Waals surface area (Å²) in [7, 11) is 0.0738. The molecule has 4 N–H and O–H groups in total. The number of nitrogens with two attached hydrogens (primary N) is 1. The number of anilines is 2. The van der Waals surface area contributed by atoms with Gasteiger partial charge in [-0.2, -0.15) is 0 Å². The monoisotopic (exact) mass is 393 g/mol. The first-order valence-corrected chi connectivity index (χ1v) is 9.38. The second kappa shape index (κ2) is 9.16. The zero-order valence-electron chi connectivity index (χ0n) is 14.3. The third kappa shape index (κ3) is 5.17. The number of methoxy groups -OCH3 is 1. The van der Waals surface area contributed by atoms with E-state index in [0.29, 0.717) is 22.0 Å². The summed E-state index contributed by atoms with van der Waals surface area (Å²) in [5, 5.41) is 5.10. The molecule has 0 aliphatic carbocycles. The molecule has 2 heterocycles. The lowest BCUT2D eigenvalue weighted by molar-refractivity contribution is 0.177. The molecule has 26 heavy (non-hydrogen) atoms. The third-order valence-corrected chi connectivity index (χ3v) is 4.84. The minimum atomic E-state index is -1.16. The zero-order valence-corrected chi connectivity index (χ0v) is 15.9. The van der Waals surface area contributed by atoms with E-state index in [0.717, 1.165) is 11.5 Å². The second-order valence-electron chi connectivity index (χ2n) is 5.00. The Balaban J connectivity index is 0.000000282. The number of thiocarbonyl (C=S) groups is 1.